The molecule has 0 aliphatic carbocycles. The van der Waals surface area contributed by atoms with Crippen LogP contribution in [0.5, 0.6) is 23.0 Å². The van der Waals surface area contributed by atoms with Gasteiger partial charge in [-0.1, -0.05) is 136 Å². The van der Waals surface area contributed by atoms with Crippen LogP contribution >= 0.6 is 0 Å². The molecule has 0 aliphatic heterocycles. The van der Waals surface area contributed by atoms with Gasteiger partial charge in [0, 0.05) is 33.1 Å². The van der Waals surface area contributed by atoms with E-state index in [0.717, 1.165) is 22.6 Å². The van der Waals surface area contributed by atoms with Crippen molar-refractivity contribution in [3.8, 4) is 23.0 Å². The Morgan fingerprint density at radius 1 is 0.357 bits per heavy atom. The van der Waals surface area contributed by atoms with Crippen molar-refractivity contribution in [2.45, 2.75) is 52.4 Å². The second-order valence-electron chi connectivity index (χ2n) is 15.5. The minimum Gasteiger partial charge on any atom is -0.457 e. The van der Waals surface area contributed by atoms with Crippen molar-refractivity contribution in [2.75, 3.05) is 0 Å². The zero-order chi connectivity index (χ0) is 39.5. The van der Waals surface area contributed by atoms with Gasteiger partial charge in [-0.25, -0.2) is 0 Å². The fourth-order valence-electron chi connectivity index (χ4n) is 6.87. The van der Waals surface area contributed by atoms with E-state index in [1.807, 2.05) is 135 Å². The van der Waals surface area contributed by atoms with E-state index in [0.29, 0.717) is 33.8 Å². The number of ketones is 2. The number of ether oxygens (including phenoxy) is 2. The molecule has 0 aliphatic rings. The van der Waals surface area contributed by atoms with Gasteiger partial charge in [-0.15, -0.1) is 0 Å². The van der Waals surface area contributed by atoms with Gasteiger partial charge in [0.1, 0.15) is 23.0 Å². The Morgan fingerprint density at radius 3 is 0.929 bits per heavy atom. The predicted octanol–water partition coefficient (Wildman–Crippen LogP) is 13.0. The fraction of sp³-hybridized carbons (Fsp3) is 0.154. The first-order valence-electron chi connectivity index (χ1n) is 19.0. The molecule has 4 nitrogen and oxygen atoms in total. The largest absolute Gasteiger partial charge is 0.457 e. The molecule has 0 bridgehead atoms. The standard InChI is InChI=1S/C52H46O4/c1-35-10-14-37(15-11-35)49(53)39-18-26-45(27-19-39)55-47-30-22-41(23-31-47)51(3,4)43-8-7-9-44(34-43)52(5,6)42-24-32-48(33-25-42)56-46-28-20-40(21-29-46)50(54)38-16-12-36(2)13-17-38/h7-34H,1-6H3. The number of aryl methyl sites for hydroxylation is 2. The molecule has 7 aromatic carbocycles. The topological polar surface area (TPSA) is 52.6 Å². The summed E-state index contributed by atoms with van der Waals surface area (Å²) in [6.07, 6.45) is 0. The number of carbonyl (C=O) groups excluding carboxylic acids is 2. The van der Waals surface area contributed by atoms with Crippen molar-refractivity contribution in [3.05, 3.63) is 225 Å². The van der Waals surface area contributed by atoms with Crippen LogP contribution in [0.1, 0.15) is 92.9 Å². The summed E-state index contributed by atoms with van der Waals surface area (Å²) in [5, 5.41) is 0. The SMILES string of the molecule is Cc1ccc(C(=O)c2ccc(Oc3ccc(C(C)(C)c4cccc(C(C)(C)c5ccc(Oc6ccc(C(=O)c7ccc(C)cc7)cc6)cc5)c4)cc3)cc2)cc1. The van der Waals surface area contributed by atoms with Gasteiger partial charge in [-0.2, -0.15) is 0 Å². The molecule has 0 fully saturated rings. The van der Waals surface area contributed by atoms with Gasteiger partial charge in [-0.05, 0) is 109 Å². The Labute approximate surface area is 330 Å². The van der Waals surface area contributed by atoms with E-state index in [4.69, 9.17) is 9.47 Å². The quantitative estimate of drug-likeness (QED) is 0.117. The van der Waals surface area contributed by atoms with E-state index in [2.05, 4.69) is 76.2 Å². The van der Waals surface area contributed by atoms with E-state index in [-0.39, 0.29) is 22.4 Å². The van der Waals surface area contributed by atoms with Crippen LogP contribution in [0.15, 0.2) is 170 Å². The first-order chi connectivity index (χ1) is 26.9. The molecule has 0 saturated carbocycles. The molecule has 0 amide bonds. The Bertz CT molecular complexity index is 2280. The maximum Gasteiger partial charge on any atom is 0.193 e. The lowest BCUT2D eigenvalue weighted by atomic mass is 9.73. The van der Waals surface area contributed by atoms with E-state index < -0.39 is 0 Å². The van der Waals surface area contributed by atoms with Gasteiger partial charge in [0.2, 0.25) is 0 Å². The molecule has 0 heterocycles. The molecular formula is C52H46O4. The van der Waals surface area contributed by atoms with Crippen molar-refractivity contribution < 1.29 is 19.1 Å². The summed E-state index contributed by atoms with van der Waals surface area (Å²) in [7, 11) is 0. The maximum atomic E-state index is 12.9. The molecule has 0 spiro atoms. The van der Waals surface area contributed by atoms with E-state index in [1.165, 1.54) is 22.3 Å². The molecule has 0 saturated heterocycles. The Balaban J connectivity index is 0.994. The average molecular weight is 735 g/mol. The molecule has 56 heavy (non-hydrogen) atoms. The average Bonchev–Trinajstić information content (AvgIpc) is 3.22. The Morgan fingerprint density at radius 2 is 0.625 bits per heavy atom. The third-order valence-corrected chi connectivity index (χ3v) is 10.8. The van der Waals surface area contributed by atoms with Gasteiger partial charge in [-0.3, -0.25) is 9.59 Å². The van der Waals surface area contributed by atoms with Crippen molar-refractivity contribution >= 4 is 11.6 Å². The highest BCUT2D eigenvalue weighted by Crippen LogP contribution is 2.38. The van der Waals surface area contributed by atoms with Crippen LogP contribution in [-0.4, -0.2) is 11.6 Å². The molecule has 7 aromatic rings. The molecule has 0 radical (unpaired) electrons. The van der Waals surface area contributed by atoms with E-state index in [1.54, 1.807) is 0 Å². The van der Waals surface area contributed by atoms with Crippen LogP contribution in [0.3, 0.4) is 0 Å². The molecule has 0 N–H and O–H groups in total. The van der Waals surface area contributed by atoms with Gasteiger partial charge in [0.15, 0.2) is 11.6 Å². The van der Waals surface area contributed by atoms with Crippen LogP contribution in [-0.2, 0) is 10.8 Å². The van der Waals surface area contributed by atoms with Gasteiger partial charge >= 0.3 is 0 Å². The molecule has 278 valence electrons. The second kappa shape index (κ2) is 15.7. The normalized spacial score (nSPS) is 11.5. The third-order valence-electron chi connectivity index (χ3n) is 10.8. The summed E-state index contributed by atoms with van der Waals surface area (Å²) in [5.41, 5.74) is 9.10. The maximum absolute atomic E-state index is 12.9. The van der Waals surface area contributed by atoms with Gasteiger partial charge in [0.05, 0.1) is 0 Å². The molecule has 7 rings (SSSR count). The summed E-state index contributed by atoms with van der Waals surface area (Å²) in [5.74, 6) is 2.80. The molecular weight excluding hydrogens is 689 g/mol. The Kier molecular flexibility index (Phi) is 10.6. The van der Waals surface area contributed by atoms with Gasteiger partial charge in [0.25, 0.3) is 0 Å². The van der Waals surface area contributed by atoms with Crippen molar-refractivity contribution in [2.24, 2.45) is 0 Å². The van der Waals surface area contributed by atoms with Gasteiger partial charge < -0.3 is 9.47 Å². The fourth-order valence-corrected chi connectivity index (χ4v) is 6.87. The zero-order valence-corrected chi connectivity index (χ0v) is 32.8. The number of rotatable bonds is 12. The summed E-state index contributed by atoms with van der Waals surface area (Å²) in [6, 6.07) is 55.2. The summed E-state index contributed by atoms with van der Waals surface area (Å²) >= 11 is 0. The smallest absolute Gasteiger partial charge is 0.193 e. The van der Waals surface area contributed by atoms with Crippen LogP contribution < -0.4 is 9.47 Å². The van der Waals surface area contributed by atoms with E-state index >= 15 is 0 Å². The highest BCUT2D eigenvalue weighted by atomic mass is 16.5. The molecule has 0 unspecified atom stereocenters. The highest BCUT2D eigenvalue weighted by molar-refractivity contribution is 6.09. The van der Waals surface area contributed by atoms with Crippen molar-refractivity contribution in [1.29, 1.82) is 0 Å². The van der Waals surface area contributed by atoms with Crippen molar-refractivity contribution in [1.82, 2.24) is 0 Å². The van der Waals surface area contributed by atoms with Crippen LogP contribution in [0, 0.1) is 13.8 Å². The minimum atomic E-state index is -0.263. The second-order valence-corrected chi connectivity index (χ2v) is 15.5. The minimum absolute atomic E-state index is 0.00766. The number of carbonyl (C=O) groups is 2. The predicted molar refractivity (Wildman–Crippen MR) is 226 cm³/mol. The number of hydrogen-bond donors (Lipinski definition) is 0. The monoisotopic (exact) mass is 734 g/mol. The Hall–Kier alpha value is -6.52. The van der Waals surface area contributed by atoms with Crippen LogP contribution in [0.4, 0.5) is 0 Å². The van der Waals surface area contributed by atoms with Crippen LogP contribution in [0.2, 0.25) is 0 Å². The summed E-state index contributed by atoms with van der Waals surface area (Å²) < 4.78 is 12.3. The first-order valence-corrected chi connectivity index (χ1v) is 19.0. The lowest BCUT2D eigenvalue weighted by molar-refractivity contribution is 0.103. The number of benzene rings is 7. The lowest BCUT2D eigenvalue weighted by Gasteiger charge is -2.31. The first kappa shape index (κ1) is 37.8. The molecule has 0 atom stereocenters. The van der Waals surface area contributed by atoms with Crippen LogP contribution in [0.25, 0.3) is 0 Å². The third kappa shape index (κ3) is 8.25. The molecule has 0 aromatic heterocycles. The lowest BCUT2D eigenvalue weighted by Crippen LogP contribution is -2.22. The van der Waals surface area contributed by atoms with E-state index in [9.17, 15) is 9.59 Å². The highest BCUT2D eigenvalue weighted by Gasteiger charge is 2.28. The molecule has 4 heteroatoms. The summed E-state index contributed by atoms with van der Waals surface area (Å²) in [4.78, 5) is 25.8. The number of hydrogen-bond acceptors (Lipinski definition) is 4. The van der Waals surface area contributed by atoms with Crippen molar-refractivity contribution in [3.63, 3.8) is 0 Å². The zero-order valence-electron chi connectivity index (χ0n) is 32.8. The summed E-state index contributed by atoms with van der Waals surface area (Å²) in [6.45, 7) is 13.0.